The first kappa shape index (κ1) is 9.43. The Morgan fingerprint density at radius 1 is 1.29 bits per heavy atom. The average Bonchev–Trinajstić information content (AvgIpc) is 2.42. The van der Waals surface area contributed by atoms with Crippen molar-refractivity contribution < 1.29 is 17.7 Å². The van der Waals surface area contributed by atoms with Crippen LogP contribution in [-0.2, 0) is 6.42 Å². The number of halogens is 3. The zero-order chi connectivity index (χ0) is 10.2. The molecule has 1 aromatic carbocycles. The Bertz CT molecular complexity index is 312. The predicted molar refractivity (Wildman–Crippen MR) is 48.4 cm³/mol. The van der Waals surface area contributed by atoms with Crippen LogP contribution in [0.1, 0.15) is 5.56 Å². The van der Waals surface area contributed by atoms with E-state index in [0.29, 0.717) is 12.2 Å². The molecule has 0 aromatic heterocycles. The predicted octanol–water partition coefficient (Wildman–Crippen LogP) is 2.84. The van der Waals surface area contributed by atoms with Gasteiger partial charge in [-0.3, -0.25) is 0 Å². The third-order valence-electron chi connectivity index (χ3n) is 2.24. The third-order valence-corrected chi connectivity index (χ3v) is 2.24. The van der Waals surface area contributed by atoms with Crippen LogP contribution in [-0.4, -0.2) is 13.1 Å². The lowest BCUT2D eigenvalue weighted by Crippen LogP contribution is -2.26. The van der Waals surface area contributed by atoms with Crippen molar-refractivity contribution in [2.75, 3.05) is 0 Å². The first-order chi connectivity index (χ1) is 6.54. The van der Waals surface area contributed by atoms with Crippen LogP contribution >= 0.6 is 0 Å². The van der Waals surface area contributed by atoms with Crippen molar-refractivity contribution in [3.8, 4) is 5.75 Å². The zero-order valence-corrected chi connectivity index (χ0v) is 7.42. The van der Waals surface area contributed by atoms with Crippen molar-refractivity contribution in [3.63, 3.8) is 0 Å². The Hall–Kier alpha value is -1.13. The monoisotopic (exact) mass is 201 g/mol. The summed E-state index contributed by atoms with van der Waals surface area (Å²) >= 11 is 0. The fraction of sp³-hybridized carbons (Fsp3) is 0.333. The number of ether oxygens (including phenoxy) is 1. The molecule has 0 saturated carbocycles. The molecule has 2 rings (SSSR count). The average molecular weight is 201 g/mol. The Morgan fingerprint density at radius 2 is 2.00 bits per heavy atom. The molecule has 0 fully saturated rings. The van der Waals surface area contributed by atoms with Crippen molar-refractivity contribution >= 4 is 6.98 Å². The van der Waals surface area contributed by atoms with Gasteiger partial charge >= 0.3 is 6.98 Å². The number of fused-ring (bicyclic) bond motifs is 1. The molecule has 0 saturated heterocycles. The Kier molecular flexibility index (Phi) is 2.17. The fourth-order valence-corrected chi connectivity index (χ4v) is 1.68. The van der Waals surface area contributed by atoms with Gasteiger partial charge in [0.1, 0.15) is 5.75 Å². The number of hydrogen-bond donors (Lipinski definition) is 0. The molecule has 1 aromatic rings. The minimum Gasteiger partial charge on any atom is -0.493 e. The van der Waals surface area contributed by atoms with E-state index in [1.807, 2.05) is 6.07 Å². The second kappa shape index (κ2) is 3.22. The highest BCUT2D eigenvalue weighted by atomic mass is 19.4. The summed E-state index contributed by atoms with van der Waals surface area (Å²) in [6, 6.07) is 7.08. The van der Waals surface area contributed by atoms with Gasteiger partial charge in [-0.1, -0.05) is 18.2 Å². The maximum atomic E-state index is 12.1. The molecule has 0 radical (unpaired) electrons. The molecule has 1 heterocycles. The van der Waals surface area contributed by atoms with Gasteiger partial charge < -0.3 is 17.7 Å². The molecule has 0 bridgehead atoms. The molecular formula is C9H9BF3O-. The summed E-state index contributed by atoms with van der Waals surface area (Å²) in [6.45, 7) is -4.75. The van der Waals surface area contributed by atoms with Gasteiger partial charge in [-0.15, -0.1) is 0 Å². The van der Waals surface area contributed by atoms with Gasteiger partial charge in [0.2, 0.25) is 0 Å². The van der Waals surface area contributed by atoms with Crippen molar-refractivity contribution in [2.45, 2.75) is 18.8 Å². The van der Waals surface area contributed by atoms with E-state index in [1.54, 1.807) is 18.2 Å². The van der Waals surface area contributed by atoms with E-state index in [0.717, 1.165) is 5.56 Å². The van der Waals surface area contributed by atoms with Crippen LogP contribution in [0.3, 0.4) is 0 Å². The van der Waals surface area contributed by atoms with Gasteiger partial charge in [0.05, 0.1) is 6.10 Å². The Morgan fingerprint density at radius 3 is 2.64 bits per heavy atom. The van der Waals surface area contributed by atoms with E-state index < -0.39 is 19.4 Å². The van der Waals surface area contributed by atoms with E-state index in [-0.39, 0.29) is 0 Å². The van der Waals surface area contributed by atoms with Gasteiger partial charge in [-0.2, -0.15) is 0 Å². The van der Waals surface area contributed by atoms with E-state index in [4.69, 9.17) is 4.74 Å². The molecule has 0 aliphatic carbocycles. The molecule has 1 nitrogen and oxygen atoms in total. The zero-order valence-electron chi connectivity index (χ0n) is 7.42. The van der Waals surface area contributed by atoms with Crippen LogP contribution in [0, 0.1) is 0 Å². The standard InChI is InChI=1S/C9H9BF3O/c11-10(12,13)6-8-5-7-3-1-2-4-9(7)14-8/h1-4,8H,5-6H2/q-1. The molecule has 14 heavy (non-hydrogen) atoms. The number of hydrogen-bond acceptors (Lipinski definition) is 1. The second-order valence-electron chi connectivity index (χ2n) is 3.50. The molecule has 76 valence electrons. The SMILES string of the molecule is F[B-](F)(F)CC1Cc2ccccc2O1. The van der Waals surface area contributed by atoms with Gasteiger partial charge in [-0.25, -0.2) is 0 Å². The lowest BCUT2D eigenvalue weighted by Gasteiger charge is -2.18. The highest BCUT2D eigenvalue weighted by molar-refractivity contribution is 6.58. The van der Waals surface area contributed by atoms with Crippen molar-refractivity contribution in [1.82, 2.24) is 0 Å². The van der Waals surface area contributed by atoms with Crippen molar-refractivity contribution in [2.24, 2.45) is 0 Å². The van der Waals surface area contributed by atoms with Crippen LogP contribution in [0.15, 0.2) is 24.3 Å². The van der Waals surface area contributed by atoms with Crippen molar-refractivity contribution in [1.29, 1.82) is 0 Å². The summed E-state index contributed by atoms with van der Waals surface area (Å²) in [7, 11) is 0. The van der Waals surface area contributed by atoms with Gasteiger partial charge in [0, 0.05) is 6.42 Å². The quantitative estimate of drug-likeness (QED) is 0.668. The lowest BCUT2D eigenvalue weighted by atomic mass is 9.82. The smallest absolute Gasteiger partial charge is 0.481 e. The Balaban J connectivity index is 2.05. The molecule has 0 spiro atoms. The first-order valence-corrected chi connectivity index (χ1v) is 4.50. The summed E-state index contributed by atoms with van der Waals surface area (Å²) in [5, 5.41) is 0. The van der Waals surface area contributed by atoms with Gasteiger partial charge in [0.15, 0.2) is 0 Å². The second-order valence-corrected chi connectivity index (χ2v) is 3.50. The van der Waals surface area contributed by atoms with E-state index >= 15 is 0 Å². The van der Waals surface area contributed by atoms with Crippen LogP contribution in [0.2, 0.25) is 6.32 Å². The summed E-state index contributed by atoms with van der Waals surface area (Å²) < 4.78 is 41.5. The minimum atomic E-state index is -4.75. The molecular weight excluding hydrogens is 192 g/mol. The maximum absolute atomic E-state index is 12.1. The molecule has 1 unspecified atom stereocenters. The summed E-state index contributed by atoms with van der Waals surface area (Å²) in [5.74, 6) is 0.595. The third kappa shape index (κ3) is 2.03. The van der Waals surface area contributed by atoms with Gasteiger partial charge in [-0.05, 0) is 17.9 Å². The summed E-state index contributed by atoms with van der Waals surface area (Å²) in [4.78, 5) is 0. The molecule has 5 heteroatoms. The van der Waals surface area contributed by atoms with E-state index in [2.05, 4.69) is 0 Å². The highest BCUT2D eigenvalue weighted by Crippen LogP contribution is 2.32. The maximum Gasteiger partial charge on any atom is 0.481 e. The van der Waals surface area contributed by atoms with Crippen LogP contribution < -0.4 is 4.74 Å². The normalized spacial score (nSPS) is 20.4. The van der Waals surface area contributed by atoms with E-state index in [1.165, 1.54) is 0 Å². The molecule has 1 aliphatic heterocycles. The summed E-state index contributed by atoms with van der Waals surface area (Å²) in [6.07, 6.45) is -1.15. The van der Waals surface area contributed by atoms with Crippen LogP contribution in [0.5, 0.6) is 5.75 Å². The molecule has 1 atom stereocenters. The van der Waals surface area contributed by atoms with E-state index in [9.17, 15) is 12.9 Å². The largest absolute Gasteiger partial charge is 0.493 e. The van der Waals surface area contributed by atoms with Crippen LogP contribution in [0.4, 0.5) is 12.9 Å². The van der Waals surface area contributed by atoms with Gasteiger partial charge in [0.25, 0.3) is 0 Å². The topological polar surface area (TPSA) is 9.23 Å². The minimum absolute atomic E-state index is 0.372. The number of rotatable bonds is 2. The molecule has 0 amide bonds. The van der Waals surface area contributed by atoms with Crippen molar-refractivity contribution in [3.05, 3.63) is 29.8 Å². The lowest BCUT2D eigenvalue weighted by molar-refractivity contribution is 0.239. The highest BCUT2D eigenvalue weighted by Gasteiger charge is 2.32. The molecule has 1 aliphatic rings. The summed E-state index contributed by atoms with van der Waals surface area (Å²) in [5.41, 5.74) is 0.873. The first-order valence-electron chi connectivity index (χ1n) is 4.50. The molecule has 0 N–H and O–H groups in total. The Labute approximate surface area is 79.9 Å². The fourth-order valence-electron chi connectivity index (χ4n) is 1.68. The number of para-hydroxylation sites is 1. The van der Waals surface area contributed by atoms with Crippen LogP contribution in [0.25, 0.3) is 0 Å². The number of benzene rings is 1.